The number of aromatic carboxylic acids is 1. The Bertz CT molecular complexity index is 581. The second kappa shape index (κ2) is 3.07. The van der Waals surface area contributed by atoms with Crippen molar-refractivity contribution in [1.29, 1.82) is 0 Å². The molecule has 0 amide bonds. The lowest BCUT2D eigenvalue weighted by molar-refractivity contribution is 0.0697. The topological polar surface area (TPSA) is 63.3 Å². The summed E-state index contributed by atoms with van der Waals surface area (Å²) in [6, 6.07) is 3.48. The quantitative estimate of drug-likeness (QED) is 0.840. The Hall–Kier alpha value is -1.84. The molecule has 4 nitrogen and oxygen atoms in total. The zero-order valence-electron chi connectivity index (χ0n) is 8.86. The highest BCUT2D eigenvalue weighted by Crippen LogP contribution is 2.41. The zero-order chi connectivity index (χ0) is 11.3. The molecule has 1 aromatic carbocycles. The van der Waals surface area contributed by atoms with Crippen LogP contribution in [0.2, 0.25) is 0 Å². The third-order valence-corrected chi connectivity index (χ3v) is 2.81. The Labute approximate surface area is 91.9 Å². The van der Waals surface area contributed by atoms with Gasteiger partial charge in [0.25, 0.3) is 0 Å². The number of oxazole rings is 1. The molecule has 82 valence electrons. The number of benzene rings is 1. The first-order chi connectivity index (χ1) is 7.65. The van der Waals surface area contributed by atoms with E-state index in [1.165, 1.54) is 0 Å². The third-order valence-electron chi connectivity index (χ3n) is 2.81. The number of carboxylic acid groups (broad SMARTS) is 1. The average Bonchev–Trinajstić information content (AvgIpc) is 2.98. The molecule has 2 aromatic rings. The largest absolute Gasteiger partial charge is 0.478 e. The summed E-state index contributed by atoms with van der Waals surface area (Å²) in [5, 5.41) is 9.08. The van der Waals surface area contributed by atoms with Crippen molar-refractivity contribution in [3.8, 4) is 0 Å². The van der Waals surface area contributed by atoms with Gasteiger partial charge in [-0.05, 0) is 37.5 Å². The molecule has 0 saturated heterocycles. The maximum atomic E-state index is 11.1. The summed E-state index contributed by atoms with van der Waals surface area (Å²) in [5.41, 5.74) is 2.15. The maximum Gasteiger partial charge on any atom is 0.339 e. The van der Waals surface area contributed by atoms with Crippen molar-refractivity contribution >= 4 is 17.1 Å². The van der Waals surface area contributed by atoms with Crippen molar-refractivity contribution in [2.45, 2.75) is 25.7 Å². The SMILES string of the molecule is Cc1cc(C(=O)O)c2oc(C3CC3)nc2c1. The Morgan fingerprint density at radius 3 is 2.88 bits per heavy atom. The predicted octanol–water partition coefficient (Wildman–Crippen LogP) is 2.71. The molecule has 1 saturated carbocycles. The molecule has 0 bridgehead atoms. The van der Waals surface area contributed by atoms with Gasteiger partial charge in [0.05, 0.1) is 0 Å². The van der Waals surface area contributed by atoms with Crippen LogP contribution in [0.15, 0.2) is 16.5 Å². The lowest BCUT2D eigenvalue weighted by Crippen LogP contribution is -1.97. The highest BCUT2D eigenvalue weighted by molar-refractivity contribution is 6.00. The summed E-state index contributed by atoms with van der Waals surface area (Å²) in [6.45, 7) is 1.86. The number of carboxylic acids is 1. The van der Waals surface area contributed by atoms with E-state index in [9.17, 15) is 4.79 Å². The van der Waals surface area contributed by atoms with Crippen molar-refractivity contribution in [1.82, 2.24) is 4.98 Å². The molecular formula is C12H11NO3. The fourth-order valence-corrected chi connectivity index (χ4v) is 1.85. The molecule has 0 aliphatic heterocycles. The van der Waals surface area contributed by atoms with Crippen LogP contribution in [0.25, 0.3) is 11.1 Å². The second-order valence-electron chi connectivity index (χ2n) is 4.29. The van der Waals surface area contributed by atoms with Gasteiger partial charge in [-0.3, -0.25) is 0 Å². The van der Waals surface area contributed by atoms with Gasteiger partial charge in [0.2, 0.25) is 0 Å². The van der Waals surface area contributed by atoms with Crippen molar-refractivity contribution in [2.24, 2.45) is 0 Å². The van der Waals surface area contributed by atoms with E-state index in [2.05, 4.69) is 4.98 Å². The minimum absolute atomic E-state index is 0.203. The van der Waals surface area contributed by atoms with Crippen LogP contribution in [0.4, 0.5) is 0 Å². The molecule has 1 aliphatic rings. The number of hydrogen-bond donors (Lipinski definition) is 1. The first-order valence-electron chi connectivity index (χ1n) is 5.29. The van der Waals surface area contributed by atoms with Crippen LogP contribution in [0.5, 0.6) is 0 Å². The smallest absolute Gasteiger partial charge is 0.339 e. The molecule has 0 atom stereocenters. The number of aryl methyl sites for hydroxylation is 1. The molecule has 4 heteroatoms. The van der Waals surface area contributed by atoms with E-state index in [0.29, 0.717) is 22.9 Å². The van der Waals surface area contributed by atoms with E-state index >= 15 is 0 Å². The molecule has 1 fully saturated rings. The number of carbonyl (C=O) groups is 1. The van der Waals surface area contributed by atoms with E-state index in [1.54, 1.807) is 6.07 Å². The van der Waals surface area contributed by atoms with Crippen LogP contribution in [0, 0.1) is 6.92 Å². The summed E-state index contributed by atoms with van der Waals surface area (Å²) in [7, 11) is 0. The first-order valence-corrected chi connectivity index (χ1v) is 5.29. The van der Waals surface area contributed by atoms with Crippen molar-refractivity contribution < 1.29 is 14.3 Å². The lowest BCUT2D eigenvalue weighted by atomic mass is 10.1. The standard InChI is InChI=1S/C12H11NO3/c1-6-4-8(12(14)15)10-9(5-6)13-11(16-10)7-2-3-7/h4-5,7H,2-3H2,1H3,(H,14,15). The van der Waals surface area contributed by atoms with Gasteiger partial charge < -0.3 is 9.52 Å². The molecule has 1 aromatic heterocycles. The minimum atomic E-state index is -0.966. The van der Waals surface area contributed by atoms with Crippen LogP contribution in [0.1, 0.15) is 40.6 Å². The molecular weight excluding hydrogens is 206 g/mol. The Morgan fingerprint density at radius 2 is 2.25 bits per heavy atom. The van der Waals surface area contributed by atoms with Gasteiger partial charge in [-0.25, -0.2) is 9.78 Å². The summed E-state index contributed by atoms with van der Waals surface area (Å²) in [5.74, 6) is 0.115. The van der Waals surface area contributed by atoms with Crippen molar-refractivity contribution in [2.75, 3.05) is 0 Å². The summed E-state index contributed by atoms with van der Waals surface area (Å²) in [6.07, 6.45) is 2.18. The predicted molar refractivity (Wildman–Crippen MR) is 57.7 cm³/mol. The van der Waals surface area contributed by atoms with Gasteiger partial charge in [-0.2, -0.15) is 0 Å². The van der Waals surface area contributed by atoms with E-state index in [0.717, 1.165) is 18.4 Å². The number of hydrogen-bond acceptors (Lipinski definition) is 3. The van der Waals surface area contributed by atoms with Crippen molar-refractivity contribution in [3.05, 3.63) is 29.2 Å². The maximum absolute atomic E-state index is 11.1. The number of nitrogens with zero attached hydrogens (tertiary/aromatic N) is 1. The van der Waals surface area contributed by atoms with Gasteiger partial charge in [-0.15, -0.1) is 0 Å². The number of fused-ring (bicyclic) bond motifs is 1. The molecule has 1 N–H and O–H groups in total. The average molecular weight is 217 g/mol. The zero-order valence-corrected chi connectivity index (χ0v) is 8.86. The highest BCUT2D eigenvalue weighted by atomic mass is 16.4. The third kappa shape index (κ3) is 1.38. The fraction of sp³-hybridized carbons (Fsp3) is 0.333. The number of rotatable bonds is 2. The van der Waals surface area contributed by atoms with Crippen LogP contribution >= 0.6 is 0 Å². The van der Waals surface area contributed by atoms with Gasteiger partial charge in [0.15, 0.2) is 11.5 Å². The van der Waals surface area contributed by atoms with E-state index in [-0.39, 0.29) is 5.56 Å². The minimum Gasteiger partial charge on any atom is -0.478 e. The second-order valence-corrected chi connectivity index (χ2v) is 4.29. The normalized spacial score (nSPS) is 15.6. The monoisotopic (exact) mass is 217 g/mol. The van der Waals surface area contributed by atoms with Gasteiger partial charge in [0.1, 0.15) is 11.1 Å². The van der Waals surface area contributed by atoms with Crippen LogP contribution in [0.3, 0.4) is 0 Å². The Morgan fingerprint density at radius 1 is 1.50 bits per heavy atom. The fourth-order valence-electron chi connectivity index (χ4n) is 1.85. The Kier molecular flexibility index (Phi) is 1.80. The molecule has 3 rings (SSSR count). The molecule has 1 aliphatic carbocycles. The van der Waals surface area contributed by atoms with Crippen LogP contribution in [-0.2, 0) is 0 Å². The Balaban J connectivity index is 2.27. The van der Waals surface area contributed by atoms with Gasteiger partial charge in [0, 0.05) is 5.92 Å². The van der Waals surface area contributed by atoms with E-state index < -0.39 is 5.97 Å². The lowest BCUT2D eigenvalue weighted by Gasteiger charge is -1.96. The highest BCUT2D eigenvalue weighted by Gasteiger charge is 2.29. The van der Waals surface area contributed by atoms with E-state index in [4.69, 9.17) is 9.52 Å². The van der Waals surface area contributed by atoms with E-state index in [1.807, 2.05) is 13.0 Å². The van der Waals surface area contributed by atoms with Crippen LogP contribution < -0.4 is 0 Å². The first kappa shape index (κ1) is 9.39. The molecule has 1 heterocycles. The summed E-state index contributed by atoms with van der Waals surface area (Å²) in [4.78, 5) is 15.4. The van der Waals surface area contributed by atoms with Gasteiger partial charge >= 0.3 is 5.97 Å². The molecule has 0 unspecified atom stereocenters. The van der Waals surface area contributed by atoms with Crippen molar-refractivity contribution in [3.63, 3.8) is 0 Å². The van der Waals surface area contributed by atoms with Crippen LogP contribution in [-0.4, -0.2) is 16.1 Å². The molecule has 0 spiro atoms. The number of aromatic nitrogens is 1. The summed E-state index contributed by atoms with van der Waals surface area (Å²) >= 11 is 0. The molecule has 16 heavy (non-hydrogen) atoms. The molecule has 0 radical (unpaired) electrons. The van der Waals surface area contributed by atoms with Gasteiger partial charge in [-0.1, -0.05) is 0 Å². The summed E-state index contributed by atoms with van der Waals surface area (Å²) < 4.78 is 5.55.